The molecule has 0 saturated carbocycles. The van der Waals surface area contributed by atoms with Crippen molar-refractivity contribution >= 4 is 15.4 Å². The van der Waals surface area contributed by atoms with Gasteiger partial charge in [0.05, 0.1) is 0 Å². The third-order valence-corrected chi connectivity index (χ3v) is 2.26. The zero-order valence-corrected chi connectivity index (χ0v) is 7.59. The van der Waals surface area contributed by atoms with Crippen LogP contribution in [0.3, 0.4) is 0 Å². The average molecular weight is 180 g/mol. The molecule has 0 fully saturated rings. The van der Waals surface area contributed by atoms with Crippen LogP contribution in [0.5, 0.6) is 0 Å². The molecule has 0 aliphatic carbocycles. The van der Waals surface area contributed by atoms with Crippen LogP contribution in [0.25, 0.3) is 0 Å². The van der Waals surface area contributed by atoms with Gasteiger partial charge in [-0.15, -0.1) is 0 Å². The van der Waals surface area contributed by atoms with Gasteiger partial charge < -0.3 is 0 Å². The van der Waals surface area contributed by atoms with Crippen molar-refractivity contribution in [3.8, 4) is 0 Å². The van der Waals surface area contributed by atoms with Crippen LogP contribution in [0.15, 0.2) is 6.07 Å². The van der Waals surface area contributed by atoms with Crippen molar-refractivity contribution in [1.29, 1.82) is 0 Å². The van der Waals surface area contributed by atoms with Crippen LogP contribution in [-0.2, 0) is 0 Å². The lowest BCUT2D eigenvalue weighted by Gasteiger charge is -1.99. The van der Waals surface area contributed by atoms with E-state index in [9.17, 15) is 17.6 Å². The molecule has 11 heavy (non-hydrogen) atoms. The van der Waals surface area contributed by atoms with Crippen molar-refractivity contribution < 1.29 is 17.6 Å². The SMILES string of the molecule is Fc1cc(F)c([SiH3])c(F)c1F. The molecule has 5 heteroatoms. The van der Waals surface area contributed by atoms with Crippen molar-refractivity contribution in [1.82, 2.24) is 0 Å². The smallest absolute Gasteiger partial charge is 0.194 e. The molecule has 0 bridgehead atoms. The normalized spacial score (nSPS) is 10.5. The minimum Gasteiger partial charge on any atom is -0.207 e. The highest BCUT2D eigenvalue weighted by atomic mass is 28.1. The number of halogens is 4. The molecule has 1 aromatic carbocycles. The summed E-state index contributed by atoms with van der Waals surface area (Å²) in [4.78, 5) is 0. The molecule has 0 radical (unpaired) electrons. The lowest BCUT2D eigenvalue weighted by molar-refractivity contribution is 0.440. The lowest BCUT2D eigenvalue weighted by atomic mass is 10.3. The Balaban J connectivity index is 3.46. The molecule has 0 amide bonds. The molecule has 0 saturated heterocycles. The summed E-state index contributed by atoms with van der Waals surface area (Å²) in [6.45, 7) is 0. The molecule has 0 aliphatic rings. The molecule has 0 aliphatic heterocycles. The molecule has 0 aromatic heterocycles. The van der Waals surface area contributed by atoms with Crippen molar-refractivity contribution in [2.75, 3.05) is 0 Å². The maximum atomic E-state index is 12.4. The third-order valence-electron chi connectivity index (χ3n) is 1.34. The summed E-state index contributed by atoms with van der Waals surface area (Å²) in [6, 6.07) is 0.348. The van der Waals surface area contributed by atoms with E-state index in [0.29, 0.717) is 6.07 Å². The molecule has 0 unspecified atom stereocenters. The zero-order chi connectivity index (χ0) is 8.59. The molecule has 0 spiro atoms. The first-order valence-corrected chi connectivity index (χ1v) is 3.83. The van der Waals surface area contributed by atoms with Crippen LogP contribution in [0.1, 0.15) is 0 Å². The number of hydrogen-bond acceptors (Lipinski definition) is 0. The second-order valence-corrected chi connectivity index (χ2v) is 3.09. The Labute approximate surface area is 63.3 Å². The van der Waals surface area contributed by atoms with Gasteiger partial charge in [0.2, 0.25) is 0 Å². The van der Waals surface area contributed by atoms with E-state index in [2.05, 4.69) is 0 Å². The Kier molecular flexibility index (Phi) is 1.99. The van der Waals surface area contributed by atoms with Gasteiger partial charge in [-0.2, -0.15) is 0 Å². The number of rotatable bonds is 0. The van der Waals surface area contributed by atoms with Gasteiger partial charge in [0.1, 0.15) is 5.82 Å². The largest absolute Gasteiger partial charge is 0.207 e. The molecule has 0 heterocycles. The summed E-state index contributed by atoms with van der Waals surface area (Å²) in [5, 5.41) is -0.371. The molecule has 0 atom stereocenters. The van der Waals surface area contributed by atoms with E-state index in [-0.39, 0.29) is 15.4 Å². The standard InChI is InChI=1S/C6H4F4Si/c7-2-1-3(8)6(11)5(10)4(2)9/h1H,11H3. The van der Waals surface area contributed by atoms with Crippen molar-refractivity contribution in [2.45, 2.75) is 0 Å². The highest BCUT2D eigenvalue weighted by Gasteiger charge is 2.14. The van der Waals surface area contributed by atoms with E-state index in [0.717, 1.165) is 0 Å². The zero-order valence-electron chi connectivity index (χ0n) is 5.59. The topological polar surface area (TPSA) is 0 Å². The summed E-state index contributed by atoms with van der Waals surface area (Å²) < 4.78 is 49.3. The van der Waals surface area contributed by atoms with Crippen LogP contribution < -0.4 is 5.19 Å². The van der Waals surface area contributed by atoms with Gasteiger partial charge >= 0.3 is 0 Å². The van der Waals surface area contributed by atoms with Gasteiger partial charge in [-0.25, -0.2) is 17.6 Å². The lowest BCUT2D eigenvalue weighted by Crippen LogP contribution is -2.17. The van der Waals surface area contributed by atoms with Crippen LogP contribution >= 0.6 is 0 Å². The van der Waals surface area contributed by atoms with Crippen LogP contribution in [0.2, 0.25) is 0 Å². The molecule has 1 aromatic rings. The van der Waals surface area contributed by atoms with E-state index < -0.39 is 23.3 Å². The van der Waals surface area contributed by atoms with Crippen LogP contribution in [0, 0.1) is 23.3 Å². The summed E-state index contributed by atoms with van der Waals surface area (Å²) in [6.07, 6.45) is 0. The Morgan fingerprint density at radius 2 is 1.45 bits per heavy atom. The number of hydrogen-bond donors (Lipinski definition) is 0. The monoisotopic (exact) mass is 180 g/mol. The van der Waals surface area contributed by atoms with Crippen LogP contribution in [-0.4, -0.2) is 10.2 Å². The van der Waals surface area contributed by atoms with Gasteiger partial charge in [0.25, 0.3) is 0 Å². The first kappa shape index (κ1) is 8.26. The van der Waals surface area contributed by atoms with E-state index in [1.165, 1.54) is 0 Å². The van der Waals surface area contributed by atoms with Gasteiger partial charge in [-0.3, -0.25) is 0 Å². The summed E-state index contributed by atoms with van der Waals surface area (Å²) in [7, 11) is 0.0182. The highest BCUT2D eigenvalue weighted by molar-refractivity contribution is 6.32. The van der Waals surface area contributed by atoms with Crippen LogP contribution in [0.4, 0.5) is 17.6 Å². The first-order chi connectivity index (χ1) is 5.04. The van der Waals surface area contributed by atoms with E-state index in [4.69, 9.17) is 0 Å². The molecular weight excluding hydrogens is 176 g/mol. The Hall–Kier alpha value is -0.843. The molecule has 0 nitrogen and oxygen atoms in total. The van der Waals surface area contributed by atoms with Crippen molar-refractivity contribution in [3.63, 3.8) is 0 Å². The van der Waals surface area contributed by atoms with E-state index in [1.807, 2.05) is 0 Å². The number of benzene rings is 1. The molecule has 0 N–H and O–H groups in total. The molecular formula is C6H4F4Si. The van der Waals surface area contributed by atoms with Gasteiger partial charge in [0.15, 0.2) is 17.5 Å². The fraction of sp³-hybridized carbons (Fsp3) is 0. The average Bonchev–Trinajstić information content (AvgIpc) is 1.97. The molecule has 1 rings (SSSR count). The fourth-order valence-corrected chi connectivity index (χ4v) is 1.02. The van der Waals surface area contributed by atoms with Crippen molar-refractivity contribution in [2.24, 2.45) is 0 Å². The minimum atomic E-state index is -1.60. The summed E-state index contributed by atoms with van der Waals surface area (Å²) >= 11 is 0. The second-order valence-electron chi connectivity index (χ2n) is 2.09. The summed E-state index contributed by atoms with van der Waals surface area (Å²) in [5.41, 5.74) is 0. The van der Waals surface area contributed by atoms with Crippen molar-refractivity contribution in [3.05, 3.63) is 29.3 Å². The predicted molar refractivity (Wildman–Crippen MR) is 35.8 cm³/mol. The minimum absolute atomic E-state index is 0.0182. The highest BCUT2D eigenvalue weighted by Crippen LogP contribution is 2.09. The van der Waals surface area contributed by atoms with Gasteiger partial charge in [0, 0.05) is 21.5 Å². The maximum absolute atomic E-state index is 12.4. The van der Waals surface area contributed by atoms with E-state index >= 15 is 0 Å². The maximum Gasteiger partial charge on any atom is 0.194 e. The second kappa shape index (κ2) is 2.65. The predicted octanol–water partition coefficient (Wildman–Crippen LogP) is 0.234. The first-order valence-electron chi connectivity index (χ1n) is 2.83. The van der Waals surface area contributed by atoms with E-state index in [1.54, 1.807) is 0 Å². The Bertz CT molecular complexity index is 271. The molecule has 60 valence electrons. The van der Waals surface area contributed by atoms with Gasteiger partial charge in [-0.05, 0) is 0 Å². The Morgan fingerprint density at radius 3 is 2.00 bits per heavy atom. The summed E-state index contributed by atoms with van der Waals surface area (Å²) in [5.74, 6) is -5.52. The van der Waals surface area contributed by atoms with Gasteiger partial charge in [-0.1, -0.05) is 0 Å². The fourth-order valence-electron chi connectivity index (χ4n) is 0.657. The Morgan fingerprint density at radius 1 is 0.909 bits per heavy atom. The quantitative estimate of drug-likeness (QED) is 0.232. The third kappa shape index (κ3) is 1.28.